The summed E-state index contributed by atoms with van der Waals surface area (Å²) < 4.78 is 17.7. The monoisotopic (exact) mass is 551 g/mol. The summed E-state index contributed by atoms with van der Waals surface area (Å²) in [6, 6.07) is 8.24. The van der Waals surface area contributed by atoms with Crippen molar-refractivity contribution in [1.29, 1.82) is 0 Å². The third-order valence-electron chi connectivity index (χ3n) is 6.02. The number of hydrogen-bond acceptors (Lipinski definition) is 7. The number of fused-ring (bicyclic) bond motifs is 1. The molecule has 1 fully saturated rings. The van der Waals surface area contributed by atoms with E-state index in [2.05, 4.69) is 17.2 Å². The van der Waals surface area contributed by atoms with Crippen molar-refractivity contribution in [3.05, 3.63) is 60.6 Å². The van der Waals surface area contributed by atoms with Crippen LogP contribution in [0.15, 0.2) is 53.6 Å². The predicted octanol–water partition coefficient (Wildman–Crippen LogP) is 4.45. The third-order valence-corrected chi connectivity index (χ3v) is 6.02. The Labute approximate surface area is 231 Å². The molecule has 4 amide bonds. The average Bonchev–Trinajstić information content (AvgIpc) is 3.48. The number of carbonyl (C=O) groups excluding carboxylic acids is 4. The molecule has 0 radical (unpaired) electrons. The number of nitrogens with zero attached hydrogens (tertiary/aromatic N) is 3. The lowest BCUT2D eigenvalue weighted by atomic mass is 10.2. The van der Waals surface area contributed by atoms with Crippen LogP contribution < -0.4 is 10.6 Å². The molecule has 3 heterocycles. The largest absolute Gasteiger partial charge is 0.451 e. The van der Waals surface area contributed by atoms with Gasteiger partial charge < -0.3 is 33.6 Å². The summed E-state index contributed by atoms with van der Waals surface area (Å²) in [5, 5.41) is 6.10. The second-order valence-electron chi connectivity index (χ2n) is 10.3. The molecule has 3 aromatic rings. The van der Waals surface area contributed by atoms with Crippen molar-refractivity contribution < 1.29 is 33.1 Å². The minimum Gasteiger partial charge on any atom is -0.451 e. The van der Waals surface area contributed by atoms with E-state index in [4.69, 9.17) is 13.9 Å². The van der Waals surface area contributed by atoms with E-state index >= 15 is 0 Å². The van der Waals surface area contributed by atoms with Crippen LogP contribution in [0.1, 0.15) is 41.8 Å². The van der Waals surface area contributed by atoms with Crippen LogP contribution in [-0.2, 0) is 16.5 Å². The Morgan fingerprint density at radius 1 is 1.00 bits per heavy atom. The van der Waals surface area contributed by atoms with Gasteiger partial charge in [-0.15, -0.1) is 0 Å². The molecule has 4 rings (SSSR count). The van der Waals surface area contributed by atoms with E-state index in [1.54, 1.807) is 78.7 Å². The molecule has 1 saturated heterocycles. The van der Waals surface area contributed by atoms with E-state index in [9.17, 15) is 19.2 Å². The molecule has 0 bridgehead atoms. The standard InChI is InChI=1S/C28H33N5O7/c1-6-13-38-27(37)33-11-9-32(10-12-33)25(35)23-15-18-14-19(7-8-22(18)39-23)29-24(34)21-16-20(17-31(21)5)30-26(36)40-28(2,3)4/h6-8,14-17H,1,9-13H2,2-5H3,(H,29,34)(H,30,36). The second-order valence-corrected chi connectivity index (χ2v) is 10.3. The second kappa shape index (κ2) is 11.6. The summed E-state index contributed by atoms with van der Waals surface area (Å²) in [5.41, 5.74) is 1.10. The van der Waals surface area contributed by atoms with Gasteiger partial charge in [0.1, 0.15) is 23.5 Å². The fourth-order valence-corrected chi connectivity index (χ4v) is 4.17. The maximum Gasteiger partial charge on any atom is 0.412 e. The number of aromatic nitrogens is 1. The number of piperazine rings is 1. The van der Waals surface area contributed by atoms with E-state index in [1.165, 1.54) is 6.08 Å². The molecule has 212 valence electrons. The van der Waals surface area contributed by atoms with Gasteiger partial charge in [0.15, 0.2) is 5.76 Å². The van der Waals surface area contributed by atoms with Crippen LogP contribution >= 0.6 is 0 Å². The summed E-state index contributed by atoms with van der Waals surface area (Å²) in [5.74, 6) is -0.500. The van der Waals surface area contributed by atoms with Crippen LogP contribution in [0.4, 0.5) is 21.0 Å². The Balaban J connectivity index is 1.38. The molecule has 0 atom stereocenters. The third kappa shape index (κ3) is 6.82. The van der Waals surface area contributed by atoms with Gasteiger partial charge in [0.05, 0.1) is 5.69 Å². The molecule has 0 spiro atoms. The predicted molar refractivity (Wildman–Crippen MR) is 148 cm³/mol. The van der Waals surface area contributed by atoms with Crippen LogP contribution in [0.5, 0.6) is 0 Å². The van der Waals surface area contributed by atoms with Gasteiger partial charge in [-0.3, -0.25) is 14.9 Å². The van der Waals surface area contributed by atoms with Crippen LogP contribution in [-0.4, -0.2) is 76.8 Å². The molecule has 0 aliphatic carbocycles. The first-order valence-corrected chi connectivity index (χ1v) is 12.8. The molecule has 1 aromatic carbocycles. The van der Waals surface area contributed by atoms with Crippen LogP contribution in [0.25, 0.3) is 11.0 Å². The van der Waals surface area contributed by atoms with Crippen molar-refractivity contribution in [3.63, 3.8) is 0 Å². The first-order valence-electron chi connectivity index (χ1n) is 12.8. The molecule has 40 heavy (non-hydrogen) atoms. The van der Waals surface area contributed by atoms with Crippen LogP contribution in [0.3, 0.4) is 0 Å². The average molecular weight is 552 g/mol. The molecule has 0 saturated carbocycles. The summed E-state index contributed by atoms with van der Waals surface area (Å²) >= 11 is 0. The van der Waals surface area contributed by atoms with Gasteiger partial charge in [0.2, 0.25) is 0 Å². The molecule has 2 N–H and O–H groups in total. The van der Waals surface area contributed by atoms with E-state index in [1.807, 2.05) is 0 Å². The number of aryl methyl sites for hydroxylation is 1. The molecular formula is C28H33N5O7. The zero-order valence-electron chi connectivity index (χ0n) is 23.0. The van der Waals surface area contributed by atoms with Gasteiger partial charge in [0.25, 0.3) is 11.8 Å². The van der Waals surface area contributed by atoms with E-state index < -0.39 is 17.8 Å². The van der Waals surface area contributed by atoms with Gasteiger partial charge in [-0.2, -0.15) is 0 Å². The lowest BCUT2D eigenvalue weighted by molar-refractivity contribution is 0.0557. The van der Waals surface area contributed by atoms with Crippen LogP contribution in [0.2, 0.25) is 0 Å². The smallest absolute Gasteiger partial charge is 0.412 e. The number of anilines is 2. The maximum absolute atomic E-state index is 13.0. The van der Waals surface area contributed by atoms with Crippen LogP contribution in [0, 0.1) is 0 Å². The number of rotatable bonds is 6. The van der Waals surface area contributed by atoms with Gasteiger partial charge in [0, 0.05) is 50.5 Å². The number of ether oxygens (including phenoxy) is 2. The fourth-order valence-electron chi connectivity index (χ4n) is 4.17. The highest BCUT2D eigenvalue weighted by Gasteiger charge is 2.27. The normalized spacial score (nSPS) is 13.6. The fraction of sp³-hybridized carbons (Fsp3) is 0.357. The summed E-state index contributed by atoms with van der Waals surface area (Å²) in [4.78, 5) is 53.2. The lowest BCUT2D eigenvalue weighted by Gasteiger charge is -2.33. The summed E-state index contributed by atoms with van der Waals surface area (Å²) in [6.45, 7) is 10.4. The Morgan fingerprint density at radius 2 is 1.70 bits per heavy atom. The first kappa shape index (κ1) is 28.3. The van der Waals surface area contributed by atoms with Crippen molar-refractivity contribution in [2.24, 2.45) is 7.05 Å². The van der Waals surface area contributed by atoms with E-state index in [0.29, 0.717) is 54.2 Å². The highest BCUT2D eigenvalue weighted by atomic mass is 16.6. The number of hydrogen-bond donors (Lipinski definition) is 2. The Morgan fingerprint density at radius 3 is 2.38 bits per heavy atom. The highest BCUT2D eigenvalue weighted by Crippen LogP contribution is 2.25. The van der Waals surface area contributed by atoms with Gasteiger partial charge >= 0.3 is 12.2 Å². The van der Waals surface area contributed by atoms with E-state index in [-0.39, 0.29) is 24.2 Å². The minimum atomic E-state index is -0.648. The first-order chi connectivity index (χ1) is 18.9. The maximum atomic E-state index is 13.0. The molecule has 1 aliphatic heterocycles. The molecule has 1 aliphatic rings. The number of carbonyl (C=O) groups is 4. The van der Waals surface area contributed by atoms with Gasteiger partial charge in [-0.1, -0.05) is 12.7 Å². The number of amides is 4. The van der Waals surface area contributed by atoms with Gasteiger partial charge in [-0.25, -0.2) is 9.59 Å². The number of nitrogens with one attached hydrogen (secondary N) is 2. The topological polar surface area (TPSA) is 135 Å². The number of benzene rings is 1. The molecule has 0 unspecified atom stereocenters. The minimum absolute atomic E-state index is 0.136. The van der Waals surface area contributed by atoms with Crippen molar-refractivity contribution in [2.75, 3.05) is 43.4 Å². The number of furan rings is 1. The quantitative estimate of drug-likeness (QED) is 0.432. The zero-order valence-corrected chi connectivity index (χ0v) is 23.0. The highest BCUT2D eigenvalue weighted by molar-refractivity contribution is 6.05. The van der Waals surface area contributed by atoms with Crippen molar-refractivity contribution in [1.82, 2.24) is 14.4 Å². The Kier molecular flexibility index (Phi) is 8.17. The molecule has 2 aromatic heterocycles. The van der Waals surface area contributed by atoms with E-state index in [0.717, 1.165) is 0 Å². The SMILES string of the molecule is C=CCOC(=O)N1CCN(C(=O)c2cc3cc(NC(=O)c4cc(NC(=O)OC(C)(C)C)cn4C)ccc3o2)CC1. The van der Waals surface area contributed by atoms with Crippen molar-refractivity contribution in [2.45, 2.75) is 26.4 Å². The Hall–Kier alpha value is -4.74. The van der Waals surface area contributed by atoms with Gasteiger partial charge in [-0.05, 0) is 51.1 Å². The lowest BCUT2D eigenvalue weighted by Crippen LogP contribution is -2.50. The summed E-state index contributed by atoms with van der Waals surface area (Å²) in [7, 11) is 1.69. The molecular weight excluding hydrogens is 518 g/mol. The Bertz CT molecular complexity index is 1440. The molecule has 12 nitrogen and oxygen atoms in total. The van der Waals surface area contributed by atoms with Crippen molar-refractivity contribution in [3.8, 4) is 0 Å². The molecule has 12 heteroatoms. The zero-order chi connectivity index (χ0) is 29.0. The summed E-state index contributed by atoms with van der Waals surface area (Å²) in [6.07, 6.45) is 2.06. The van der Waals surface area contributed by atoms with Crippen molar-refractivity contribution >= 4 is 46.3 Å².